The quantitative estimate of drug-likeness (QED) is 0.625. The summed E-state index contributed by atoms with van der Waals surface area (Å²) in [5, 5.41) is 6.68. The fraction of sp³-hybridized carbons (Fsp3) is 0.588. The molecule has 0 spiro atoms. The number of halogens is 1. The maximum atomic E-state index is 13.3. The summed E-state index contributed by atoms with van der Waals surface area (Å²) < 4.78 is 13.3. The molecule has 1 saturated carbocycles. The second-order valence-electron chi connectivity index (χ2n) is 6.26. The maximum Gasteiger partial charge on any atom is 0.191 e. The molecule has 0 bridgehead atoms. The average Bonchev–Trinajstić information content (AvgIpc) is 3.30. The van der Waals surface area contributed by atoms with Gasteiger partial charge in [-0.25, -0.2) is 4.39 Å². The van der Waals surface area contributed by atoms with E-state index in [-0.39, 0.29) is 5.82 Å². The number of likely N-dealkylation sites (N-methyl/N-ethyl adjacent to an activating group) is 1. The second kappa shape index (κ2) is 7.58. The number of rotatable bonds is 6. The summed E-state index contributed by atoms with van der Waals surface area (Å²) in [7, 11) is 6.03. The number of hydrogen-bond acceptors (Lipinski definition) is 2. The number of aryl methyl sites for hydroxylation is 1. The number of aliphatic imine (C=N–C) groups is 1. The van der Waals surface area contributed by atoms with Crippen molar-refractivity contribution in [3.05, 3.63) is 35.1 Å². The number of hydrogen-bond donors (Lipinski definition) is 2. The Kier molecular flexibility index (Phi) is 5.77. The van der Waals surface area contributed by atoms with Crippen molar-refractivity contribution in [1.29, 1.82) is 0 Å². The third kappa shape index (κ3) is 4.70. The SMILES string of the molecule is CN=C(NCc1ccc(F)c(C)c1)NCC(C1CC1)N(C)C. The fourth-order valence-corrected chi connectivity index (χ4v) is 2.68. The van der Waals surface area contributed by atoms with Crippen LogP contribution >= 0.6 is 0 Å². The molecule has 1 fully saturated rings. The Bertz CT molecular complexity index is 521. The van der Waals surface area contributed by atoms with Gasteiger partial charge in [0.25, 0.3) is 0 Å². The average molecular weight is 306 g/mol. The van der Waals surface area contributed by atoms with Crippen LogP contribution in [0.4, 0.5) is 4.39 Å². The molecule has 2 N–H and O–H groups in total. The van der Waals surface area contributed by atoms with Gasteiger partial charge in [-0.15, -0.1) is 0 Å². The zero-order valence-electron chi connectivity index (χ0n) is 14.0. The van der Waals surface area contributed by atoms with E-state index in [1.54, 1.807) is 20.0 Å². The van der Waals surface area contributed by atoms with Crippen molar-refractivity contribution in [3.8, 4) is 0 Å². The summed E-state index contributed by atoms with van der Waals surface area (Å²) in [6.45, 7) is 3.31. The molecule has 0 radical (unpaired) electrons. The molecular weight excluding hydrogens is 279 g/mol. The molecule has 0 amide bonds. The van der Waals surface area contributed by atoms with Crippen LogP contribution in [-0.4, -0.2) is 44.6 Å². The molecule has 1 aliphatic carbocycles. The molecule has 2 rings (SSSR count). The third-order valence-electron chi connectivity index (χ3n) is 4.21. The van der Waals surface area contributed by atoms with E-state index in [9.17, 15) is 4.39 Å². The molecule has 5 heteroatoms. The van der Waals surface area contributed by atoms with E-state index >= 15 is 0 Å². The zero-order chi connectivity index (χ0) is 16.1. The fourth-order valence-electron chi connectivity index (χ4n) is 2.68. The highest BCUT2D eigenvalue weighted by atomic mass is 19.1. The predicted octanol–water partition coefficient (Wildman–Crippen LogP) is 2.14. The van der Waals surface area contributed by atoms with Gasteiger partial charge in [-0.1, -0.05) is 12.1 Å². The van der Waals surface area contributed by atoms with Crippen LogP contribution in [0.15, 0.2) is 23.2 Å². The third-order valence-corrected chi connectivity index (χ3v) is 4.21. The molecule has 1 aliphatic rings. The van der Waals surface area contributed by atoms with Gasteiger partial charge in [0, 0.05) is 26.2 Å². The van der Waals surface area contributed by atoms with Crippen LogP contribution < -0.4 is 10.6 Å². The Morgan fingerprint density at radius 3 is 2.64 bits per heavy atom. The van der Waals surface area contributed by atoms with Gasteiger partial charge >= 0.3 is 0 Å². The van der Waals surface area contributed by atoms with Gasteiger partial charge in [0.05, 0.1) is 0 Å². The van der Waals surface area contributed by atoms with E-state index < -0.39 is 0 Å². The molecule has 0 saturated heterocycles. The highest BCUT2D eigenvalue weighted by Crippen LogP contribution is 2.34. The zero-order valence-corrected chi connectivity index (χ0v) is 14.0. The second-order valence-corrected chi connectivity index (χ2v) is 6.26. The van der Waals surface area contributed by atoms with Crippen LogP contribution in [0.3, 0.4) is 0 Å². The van der Waals surface area contributed by atoms with Crippen molar-refractivity contribution < 1.29 is 4.39 Å². The van der Waals surface area contributed by atoms with E-state index in [4.69, 9.17) is 0 Å². The van der Waals surface area contributed by atoms with Gasteiger partial charge in [0.1, 0.15) is 5.82 Å². The summed E-state index contributed by atoms with van der Waals surface area (Å²) in [4.78, 5) is 6.54. The molecule has 0 heterocycles. The Hall–Kier alpha value is -1.62. The van der Waals surface area contributed by atoms with E-state index in [2.05, 4.69) is 34.6 Å². The lowest BCUT2D eigenvalue weighted by Gasteiger charge is -2.25. The summed E-state index contributed by atoms with van der Waals surface area (Å²) in [5.41, 5.74) is 1.72. The Morgan fingerprint density at radius 1 is 1.36 bits per heavy atom. The van der Waals surface area contributed by atoms with Crippen LogP contribution in [0.2, 0.25) is 0 Å². The maximum absolute atomic E-state index is 13.3. The van der Waals surface area contributed by atoms with Crippen LogP contribution in [-0.2, 0) is 6.54 Å². The highest BCUT2D eigenvalue weighted by Gasteiger charge is 2.32. The van der Waals surface area contributed by atoms with Crippen LogP contribution in [0.25, 0.3) is 0 Å². The number of nitrogens with zero attached hydrogens (tertiary/aromatic N) is 2. The van der Waals surface area contributed by atoms with Crippen LogP contribution in [0, 0.1) is 18.7 Å². The standard InChI is InChI=1S/C17H27FN4/c1-12-9-13(5-8-15(12)18)10-20-17(19-2)21-11-16(22(3)4)14-6-7-14/h5,8-9,14,16H,6-7,10-11H2,1-4H3,(H2,19,20,21). The van der Waals surface area contributed by atoms with Crippen molar-refractivity contribution >= 4 is 5.96 Å². The van der Waals surface area contributed by atoms with E-state index in [0.717, 1.165) is 24.0 Å². The minimum Gasteiger partial charge on any atom is -0.355 e. The molecule has 122 valence electrons. The molecule has 1 unspecified atom stereocenters. The first-order chi connectivity index (χ1) is 10.5. The predicted molar refractivity (Wildman–Crippen MR) is 89.5 cm³/mol. The summed E-state index contributed by atoms with van der Waals surface area (Å²) in [6.07, 6.45) is 2.65. The minimum absolute atomic E-state index is 0.162. The lowest BCUT2D eigenvalue weighted by Crippen LogP contribution is -2.45. The smallest absolute Gasteiger partial charge is 0.191 e. The molecule has 1 atom stereocenters. The van der Waals surface area contributed by atoms with E-state index in [1.165, 1.54) is 18.9 Å². The van der Waals surface area contributed by atoms with Gasteiger partial charge in [-0.05, 0) is 57.0 Å². The molecule has 4 nitrogen and oxygen atoms in total. The molecule has 22 heavy (non-hydrogen) atoms. The van der Waals surface area contributed by atoms with Gasteiger partial charge in [-0.2, -0.15) is 0 Å². The van der Waals surface area contributed by atoms with Gasteiger partial charge in [0.15, 0.2) is 5.96 Å². The first-order valence-corrected chi connectivity index (χ1v) is 7.87. The largest absolute Gasteiger partial charge is 0.355 e. The van der Waals surface area contributed by atoms with E-state index in [1.807, 2.05) is 6.07 Å². The lowest BCUT2D eigenvalue weighted by atomic mass is 10.1. The van der Waals surface area contributed by atoms with E-state index in [0.29, 0.717) is 18.2 Å². The van der Waals surface area contributed by atoms with Gasteiger partial charge < -0.3 is 15.5 Å². The molecule has 0 aromatic heterocycles. The highest BCUT2D eigenvalue weighted by molar-refractivity contribution is 5.79. The molecule has 1 aromatic carbocycles. The number of benzene rings is 1. The monoisotopic (exact) mass is 306 g/mol. The van der Waals surface area contributed by atoms with Crippen LogP contribution in [0.5, 0.6) is 0 Å². The van der Waals surface area contributed by atoms with Crippen molar-refractivity contribution in [2.24, 2.45) is 10.9 Å². The first kappa shape index (κ1) is 16.7. The van der Waals surface area contributed by atoms with Crippen molar-refractivity contribution in [3.63, 3.8) is 0 Å². The summed E-state index contributed by atoms with van der Waals surface area (Å²) >= 11 is 0. The van der Waals surface area contributed by atoms with Crippen molar-refractivity contribution in [1.82, 2.24) is 15.5 Å². The van der Waals surface area contributed by atoms with Gasteiger partial charge in [0.2, 0.25) is 0 Å². The summed E-state index contributed by atoms with van der Waals surface area (Å²) in [5.74, 6) is 1.43. The van der Waals surface area contributed by atoms with Crippen molar-refractivity contribution in [2.45, 2.75) is 32.4 Å². The Morgan fingerprint density at radius 2 is 2.09 bits per heavy atom. The Labute approximate surface area is 132 Å². The number of nitrogens with one attached hydrogen (secondary N) is 2. The minimum atomic E-state index is -0.162. The molecule has 0 aliphatic heterocycles. The van der Waals surface area contributed by atoms with Gasteiger partial charge in [-0.3, -0.25) is 4.99 Å². The normalized spacial score (nSPS) is 16.7. The van der Waals surface area contributed by atoms with Crippen LogP contribution in [0.1, 0.15) is 24.0 Å². The molecule has 1 aromatic rings. The summed E-state index contributed by atoms with van der Waals surface area (Å²) in [6, 6.07) is 5.72. The first-order valence-electron chi connectivity index (χ1n) is 7.87. The lowest BCUT2D eigenvalue weighted by molar-refractivity contribution is 0.264. The van der Waals surface area contributed by atoms with Crippen molar-refractivity contribution in [2.75, 3.05) is 27.7 Å². The molecular formula is C17H27FN4. The number of guanidine groups is 1. The Balaban J connectivity index is 1.83. The topological polar surface area (TPSA) is 39.7 Å².